The highest BCUT2D eigenvalue weighted by Gasteiger charge is 2.40. The number of thiophene rings is 1. The van der Waals surface area contributed by atoms with E-state index in [4.69, 9.17) is 0 Å². The summed E-state index contributed by atoms with van der Waals surface area (Å²) in [4.78, 5) is 2.40. The third kappa shape index (κ3) is 7.59. The van der Waals surface area contributed by atoms with Crippen molar-refractivity contribution in [2.45, 2.75) is 103 Å². The van der Waals surface area contributed by atoms with Gasteiger partial charge >= 0.3 is 0 Å². The molecular weight excluding hydrogens is 974 g/mol. The lowest BCUT2D eigenvalue weighted by Gasteiger charge is -2.43. The number of nitrogens with zero attached hydrogens (tertiary/aromatic N) is 2. The molecule has 15 rings (SSSR count). The van der Waals surface area contributed by atoms with Crippen LogP contribution >= 0.6 is 11.3 Å². The number of hydrogen-bond donors (Lipinski definition) is 1. The summed E-state index contributed by atoms with van der Waals surface area (Å²) in [6.07, 6.45) is 4.67. The van der Waals surface area contributed by atoms with Crippen molar-refractivity contribution in [2.75, 3.05) is 10.2 Å². The van der Waals surface area contributed by atoms with Gasteiger partial charge in [-0.25, -0.2) is 0 Å². The number of rotatable bonds is 7. The molecule has 3 heterocycles. The number of nitrogens with one attached hydrogen (secondary N) is 1. The number of fused-ring (bicyclic) bond motifs is 11. The first kappa shape index (κ1) is 48.3. The van der Waals surface area contributed by atoms with Gasteiger partial charge in [-0.15, -0.1) is 11.3 Å². The van der Waals surface area contributed by atoms with Crippen LogP contribution < -0.4 is 21.1 Å². The standard InChI is InChI=1S/C74H66BN3S/c1-71(2)33-34-72(3,4)59-40-48(28-31-58(59)71)76-63-41-51(77(49-21-11-9-12-22-49)50-23-13-10-14-24-50)29-30-52(63)56-42-54(47-27-32-67-55(38-47)53-25-17-18-26-66(53)79-67)68-57-37-45-19-15-16-20-46(45)39-64(57)78-65-44-61-60(43-62(65)75-69(56)70(68)78)73(5,6)35-36-74(61,7)8/h9-32,37-44,75-76H,33-36H2,1-8H3. The predicted octanol–water partition coefficient (Wildman–Crippen LogP) is 19.3. The van der Waals surface area contributed by atoms with E-state index in [-0.39, 0.29) is 21.7 Å². The normalized spacial score (nSPS) is 16.4. The molecule has 3 aliphatic rings. The predicted molar refractivity (Wildman–Crippen MR) is 343 cm³/mol. The van der Waals surface area contributed by atoms with Gasteiger partial charge in [-0.2, -0.15) is 0 Å². The molecule has 5 heteroatoms. The monoisotopic (exact) mass is 1040 g/mol. The smallest absolute Gasteiger partial charge is 0.198 e. The lowest BCUT2D eigenvalue weighted by molar-refractivity contribution is 0.332. The van der Waals surface area contributed by atoms with Gasteiger partial charge in [-0.05, 0) is 194 Å². The Balaban J connectivity index is 1.06. The van der Waals surface area contributed by atoms with E-state index < -0.39 is 0 Å². The summed E-state index contributed by atoms with van der Waals surface area (Å²) in [5.74, 6) is 0. The number of anilines is 5. The van der Waals surface area contributed by atoms with E-state index in [0.717, 1.165) is 42.1 Å². The molecule has 0 spiro atoms. The molecule has 0 bridgehead atoms. The number of para-hydroxylation sites is 2. The maximum atomic E-state index is 4.21. The van der Waals surface area contributed by atoms with E-state index in [9.17, 15) is 0 Å². The summed E-state index contributed by atoms with van der Waals surface area (Å²) in [5, 5.41) is 12.0. The molecule has 0 saturated carbocycles. The first-order chi connectivity index (χ1) is 38.1. The fourth-order valence-electron chi connectivity index (χ4n) is 14.4. The second-order valence-electron chi connectivity index (χ2n) is 25.9. The molecule has 0 unspecified atom stereocenters. The molecule has 0 radical (unpaired) electrons. The molecule has 0 amide bonds. The highest BCUT2D eigenvalue weighted by Crippen LogP contribution is 2.51. The zero-order valence-electron chi connectivity index (χ0n) is 46.8. The Morgan fingerprint density at radius 2 is 1.06 bits per heavy atom. The van der Waals surface area contributed by atoms with Crippen LogP contribution in [0.15, 0.2) is 194 Å². The Morgan fingerprint density at radius 3 is 1.77 bits per heavy atom. The van der Waals surface area contributed by atoms with Crippen molar-refractivity contribution in [1.29, 1.82) is 0 Å². The zero-order chi connectivity index (χ0) is 53.7. The molecule has 79 heavy (non-hydrogen) atoms. The first-order valence-corrected chi connectivity index (χ1v) is 29.5. The molecular formula is C74H66BN3S. The van der Waals surface area contributed by atoms with Crippen LogP contribution in [0.25, 0.3) is 80.7 Å². The highest BCUT2D eigenvalue weighted by atomic mass is 32.1. The minimum atomic E-state index is 0.0536. The molecule has 1 aliphatic heterocycles. The number of aromatic nitrogens is 1. The summed E-state index contributed by atoms with van der Waals surface area (Å²) in [5.41, 5.74) is 23.3. The molecule has 1 N–H and O–H groups in total. The topological polar surface area (TPSA) is 20.2 Å². The first-order valence-electron chi connectivity index (χ1n) is 28.7. The van der Waals surface area contributed by atoms with Gasteiger partial charge in [-0.1, -0.05) is 164 Å². The van der Waals surface area contributed by atoms with E-state index >= 15 is 0 Å². The van der Waals surface area contributed by atoms with Crippen molar-refractivity contribution in [3.05, 3.63) is 216 Å². The lowest BCUT2D eigenvalue weighted by Crippen LogP contribution is -2.41. The highest BCUT2D eigenvalue weighted by molar-refractivity contribution is 7.25. The molecule has 0 fully saturated rings. The van der Waals surface area contributed by atoms with E-state index in [2.05, 4.69) is 264 Å². The van der Waals surface area contributed by atoms with Crippen molar-refractivity contribution in [3.8, 4) is 27.9 Å². The fourth-order valence-corrected chi connectivity index (χ4v) is 15.5. The molecule has 2 aromatic heterocycles. The van der Waals surface area contributed by atoms with Crippen molar-refractivity contribution in [1.82, 2.24) is 4.57 Å². The molecule has 3 nitrogen and oxygen atoms in total. The maximum absolute atomic E-state index is 4.21. The van der Waals surface area contributed by atoms with Gasteiger partial charge in [0.2, 0.25) is 0 Å². The van der Waals surface area contributed by atoms with E-state index in [0.29, 0.717) is 0 Å². The second-order valence-corrected chi connectivity index (χ2v) is 27.0. The third-order valence-corrected chi connectivity index (χ3v) is 20.2. The average molecular weight is 1040 g/mol. The van der Waals surface area contributed by atoms with Gasteiger partial charge in [0.15, 0.2) is 7.28 Å². The van der Waals surface area contributed by atoms with Crippen LogP contribution in [-0.4, -0.2) is 11.8 Å². The van der Waals surface area contributed by atoms with Gasteiger partial charge in [0.05, 0.1) is 5.52 Å². The largest absolute Gasteiger partial charge is 0.355 e. The van der Waals surface area contributed by atoms with Crippen molar-refractivity contribution >= 4 is 111 Å². The van der Waals surface area contributed by atoms with Crippen LogP contribution in [0.4, 0.5) is 28.4 Å². The molecule has 0 atom stereocenters. The molecule has 10 aromatic carbocycles. The SMILES string of the molecule is CC1(C)CCC(C)(C)c2cc(Nc3cc(N(c4ccccc4)c4ccccc4)ccc3-c3cc(-c4ccc5sc6ccccc6c5c4)c4c5cc6ccccc6cc5n5c4c3Bc3cc4c(cc3-5)C(C)(C)CCC4(C)C)ccc21. The summed E-state index contributed by atoms with van der Waals surface area (Å²) >= 11 is 1.89. The molecule has 386 valence electrons. The fraction of sp³-hybridized carbons (Fsp3) is 0.216. The quantitative estimate of drug-likeness (QED) is 0.161. The van der Waals surface area contributed by atoms with Crippen LogP contribution in [0.2, 0.25) is 0 Å². The van der Waals surface area contributed by atoms with Crippen LogP contribution in [0.5, 0.6) is 0 Å². The molecule has 0 saturated heterocycles. The number of hydrogen-bond acceptors (Lipinski definition) is 3. The van der Waals surface area contributed by atoms with Crippen molar-refractivity contribution < 1.29 is 0 Å². The van der Waals surface area contributed by atoms with Gasteiger partial charge in [0.25, 0.3) is 0 Å². The van der Waals surface area contributed by atoms with E-state index in [1.807, 2.05) is 11.3 Å². The maximum Gasteiger partial charge on any atom is 0.198 e. The Kier molecular flexibility index (Phi) is 10.6. The van der Waals surface area contributed by atoms with Gasteiger partial charge in [-0.3, -0.25) is 0 Å². The Hall–Kier alpha value is -7.86. The lowest BCUT2D eigenvalue weighted by atomic mass is 9.55. The Morgan fingerprint density at radius 1 is 0.456 bits per heavy atom. The Labute approximate surface area is 469 Å². The van der Waals surface area contributed by atoms with Crippen LogP contribution in [0, 0.1) is 0 Å². The summed E-state index contributed by atoms with van der Waals surface area (Å²) in [6.45, 7) is 19.6. The van der Waals surface area contributed by atoms with Crippen LogP contribution in [0.3, 0.4) is 0 Å². The van der Waals surface area contributed by atoms with E-state index in [1.54, 1.807) is 0 Å². The van der Waals surface area contributed by atoms with Crippen LogP contribution in [-0.2, 0) is 21.7 Å². The van der Waals surface area contributed by atoms with Crippen molar-refractivity contribution in [2.24, 2.45) is 0 Å². The minimum Gasteiger partial charge on any atom is -0.355 e. The van der Waals surface area contributed by atoms with Crippen LogP contribution in [0.1, 0.15) is 103 Å². The zero-order valence-corrected chi connectivity index (χ0v) is 47.6. The van der Waals surface area contributed by atoms with Crippen molar-refractivity contribution in [3.63, 3.8) is 0 Å². The molecule has 2 aliphatic carbocycles. The number of benzene rings is 10. The summed E-state index contributed by atoms with van der Waals surface area (Å²) in [6, 6.07) is 74.1. The minimum absolute atomic E-state index is 0.0536. The Bertz CT molecular complexity index is 4460. The van der Waals surface area contributed by atoms with E-state index in [1.165, 1.54) is 133 Å². The van der Waals surface area contributed by atoms with Gasteiger partial charge < -0.3 is 14.8 Å². The van der Waals surface area contributed by atoms with Gasteiger partial charge in [0.1, 0.15) is 0 Å². The summed E-state index contributed by atoms with van der Waals surface area (Å²) in [7, 11) is 0.818. The summed E-state index contributed by atoms with van der Waals surface area (Å²) < 4.78 is 5.34. The third-order valence-electron chi connectivity index (χ3n) is 19.1. The second kappa shape index (κ2) is 17.3. The average Bonchev–Trinajstić information content (AvgIpc) is 3.00. The van der Waals surface area contributed by atoms with Gasteiger partial charge in [0, 0.05) is 76.1 Å². The molecule has 12 aromatic rings.